The summed E-state index contributed by atoms with van der Waals surface area (Å²) in [5.41, 5.74) is -0.127. The first kappa shape index (κ1) is 12.6. The van der Waals surface area contributed by atoms with E-state index in [0.717, 1.165) is 6.07 Å². The van der Waals surface area contributed by atoms with Crippen LogP contribution >= 0.6 is 0 Å². The van der Waals surface area contributed by atoms with Gasteiger partial charge in [-0.25, -0.2) is 0 Å². The van der Waals surface area contributed by atoms with Crippen molar-refractivity contribution < 1.29 is 14.5 Å². The van der Waals surface area contributed by atoms with Crippen molar-refractivity contribution >= 4 is 12.0 Å². The van der Waals surface area contributed by atoms with Crippen molar-refractivity contribution in [1.82, 2.24) is 0 Å². The fourth-order valence-corrected chi connectivity index (χ4v) is 1.20. The van der Waals surface area contributed by atoms with E-state index < -0.39 is 11.0 Å². The number of carbonyl (C=O) groups is 1. The largest absolute Gasteiger partial charge is 0.468 e. The van der Waals surface area contributed by atoms with Crippen LogP contribution in [0.15, 0.2) is 18.2 Å². The Morgan fingerprint density at radius 3 is 2.82 bits per heavy atom. The second-order valence-corrected chi connectivity index (χ2v) is 3.25. The van der Waals surface area contributed by atoms with E-state index in [4.69, 9.17) is 10.00 Å². The minimum atomic E-state index is -0.740. The Bertz CT molecular complexity index is 479. The lowest BCUT2D eigenvalue weighted by molar-refractivity contribution is -0.386. The van der Waals surface area contributed by atoms with Gasteiger partial charge in [-0.05, 0) is 18.6 Å². The molecular formula is C11H10N2O4. The van der Waals surface area contributed by atoms with E-state index >= 15 is 0 Å². The van der Waals surface area contributed by atoms with Crippen LogP contribution in [-0.4, -0.2) is 17.3 Å². The highest BCUT2D eigenvalue weighted by atomic mass is 16.6. The second-order valence-electron chi connectivity index (χ2n) is 3.25. The summed E-state index contributed by atoms with van der Waals surface area (Å²) in [4.78, 5) is 20.6. The smallest absolute Gasteiger partial charge is 0.311 e. The van der Waals surface area contributed by atoms with Crippen molar-refractivity contribution in [2.45, 2.75) is 19.4 Å². The normalized spacial score (nSPS) is 11.3. The third-order valence-corrected chi connectivity index (χ3v) is 2.10. The van der Waals surface area contributed by atoms with Crippen LogP contribution in [0.2, 0.25) is 0 Å². The molecule has 0 saturated heterocycles. The maximum atomic E-state index is 10.8. The third-order valence-electron chi connectivity index (χ3n) is 2.10. The Kier molecular flexibility index (Phi) is 4.17. The van der Waals surface area contributed by atoms with Crippen LogP contribution in [-0.2, 0) is 0 Å². The molecule has 6 nitrogen and oxygen atoms in total. The van der Waals surface area contributed by atoms with Gasteiger partial charge in [-0.2, -0.15) is 5.26 Å². The monoisotopic (exact) mass is 234 g/mol. The number of hydrogen-bond donors (Lipinski definition) is 0. The molecule has 0 aromatic heterocycles. The summed E-state index contributed by atoms with van der Waals surface area (Å²) in [5, 5.41) is 19.5. The van der Waals surface area contributed by atoms with Crippen molar-refractivity contribution in [2.75, 3.05) is 0 Å². The van der Waals surface area contributed by atoms with E-state index in [9.17, 15) is 14.9 Å². The highest BCUT2D eigenvalue weighted by molar-refractivity contribution is 5.77. The Morgan fingerprint density at radius 2 is 2.35 bits per heavy atom. The van der Waals surface area contributed by atoms with E-state index in [0.29, 0.717) is 12.7 Å². The highest BCUT2D eigenvalue weighted by Crippen LogP contribution is 2.28. The average Bonchev–Trinajstić information content (AvgIpc) is 2.35. The van der Waals surface area contributed by atoms with Gasteiger partial charge in [0.1, 0.15) is 12.4 Å². The van der Waals surface area contributed by atoms with Gasteiger partial charge in [-0.1, -0.05) is 6.92 Å². The maximum absolute atomic E-state index is 10.8. The molecule has 0 aliphatic carbocycles. The molecular weight excluding hydrogens is 224 g/mol. The number of aldehydes is 1. The van der Waals surface area contributed by atoms with Gasteiger partial charge < -0.3 is 4.74 Å². The van der Waals surface area contributed by atoms with Gasteiger partial charge in [0, 0.05) is 11.6 Å². The van der Waals surface area contributed by atoms with Crippen molar-refractivity contribution in [2.24, 2.45) is 0 Å². The molecule has 0 N–H and O–H groups in total. The number of nitro groups is 1. The fourth-order valence-electron chi connectivity index (χ4n) is 1.20. The number of nitrogens with zero attached hydrogens (tertiary/aromatic N) is 2. The van der Waals surface area contributed by atoms with Crippen molar-refractivity contribution in [3.63, 3.8) is 0 Å². The molecule has 0 saturated carbocycles. The number of nitro benzene ring substituents is 1. The Labute approximate surface area is 97.6 Å². The number of benzene rings is 1. The Hall–Kier alpha value is -2.42. The van der Waals surface area contributed by atoms with Crippen LogP contribution < -0.4 is 4.74 Å². The molecule has 0 heterocycles. The molecule has 0 fully saturated rings. The van der Waals surface area contributed by atoms with Crippen LogP contribution in [0.25, 0.3) is 0 Å². The van der Waals surface area contributed by atoms with Gasteiger partial charge in [-0.3, -0.25) is 14.9 Å². The summed E-state index contributed by atoms with van der Waals surface area (Å²) < 4.78 is 5.19. The first-order chi connectivity index (χ1) is 8.12. The van der Waals surface area contributed by atoms with Crippen LogP contribution in [0.4, 0.5) is 5.69 Å². The summed E-state index contributed by atoms with van der Waals surface area (Å²) in [6, 6.07) is 5.72. The molecule has 17 heavy (non-hydrogen) atoms. The quantitative estimate of drug-likeness (QED) is 0.441. The summed E-state index contributed by atoms with van der Waals surface area (Å²) in [6.45, 7) is 1.74. The minimum absolute atomic E-state index is 0.00556. The predicted molar refractivity (Wildman–Crippen MR) is 58.8 cm³/mol. The number of hydrogen-bond acceptors (Lipinski definition) is 5. The molecule has 0 bridgehead atoms. The number of carbonyl (C=O) groups excluding carboxylic acids is 1. The summed E-state index contributed by atoms with van der Waals surface area (Å²) in [6.07, 6.45) is 0.192. The van der Waals surface area contributed by atoms with Crippen molar-refractivity contribution in [3.8, 4) is 11.8 Å². The standard InChI is InChI=1S/C11H10N2O4/c1-2-9(6-12)17-11-4-3-8(7-14)5-10(11)13(15)16/h3-5,7,9H,2H2,1H3. The molecule has 88 valence electrons. The van der Waals surface area contributed by atoms with Gasteiger partial charge in [0.05, 0.1) is 4.92 Å². The highest BCUT2D eigenvalue weighted by Gasteiger charge is 2.18. The molecule has 1 aromatic carbocycles. The fraction of sp³-hybridized carbons (Fsp3) is 0.273. The topological polar surface area (TPSA) is 93.2 Å². The summed E-state index contributed by atoms with van der Waals surface area (Å²) in [5.74, 6) is -0.00556. The van der Waals surface area contributed by atoms with Gasteiger partial charge in [0.15, 0.2) is 11.9 Å². The Morgan fingerprint density at radius 1 is 1.65 bits per heavy atom. The molecule has 0 aliphatic rings. The van der Waals surface area contributed by atoms with Crippen molar-refractivity contribution in [1.29, 1.82) is 5.26 Å². The average molecular weight is 234 g/mol. The third kappa shape index (κ3) is 3.01. The SMILES string of the molecule is CCC(C#N)Oc1ccc(C=O)cc1[N+](=O)[O-]. The molecule has 1 aromatic rings. The number of ether oxygens (including phenoxy) is 1. The van der Waals surface area contributed by atoms with Crippen LogP contribution in [0.3, 0.4) is 0 Å². The molecule has 0 spiro atoms. The van der Waals surface area contributed by atoms with Crippen LogP contribution in [0.5, 0.6) is 5.75 Å². The van der Waals surface area contributed by atoms with Gasteiger partial charge in [-0.15, -0.1) is 0 Å². The molecule has 0 aliphatic heterocycles. The lowest BCUT2D eigenvalue weighted by Gasteiger charge is -2.10. The molecule has 6 heteroatoms. The summed E-state index contributed by atoms with van der Waals surface area (Å²) >= 11 is 0. The van der Waals surface area contributed by atoms with Gasteiger partial charge >= 0.3 is 5.69 Å². The lowest BCUT2D eigenvalue weighted by atomic mass is 10.2. The zero-order chi connectivity index (χ0) is 12.8. The molecule has 0 amide bonds. The van der Waals surface area contributed by atoms with E-state index in [1.165, 1.54) is 12.1 Å². The maximum Gasteiger partial charge on any atom is 0.311 e. The van der Waals surface area contributed by atoms with Crippen LogP contribution in [0, 0.1) is 21.4 Å². The first-order valence-electron chi connectivity index (χ1n) is 4.92. The first-order valence-corrected chi connectivity index (χ1v) is 4.92. The molecule has 1 atom stereocenters. The van der Waals surface area contributed by atoms with Gasteiger partial charge in [0.25, 0.3) is 0 Å². The number of nitriles is 1. The zero-order valence-electron chi connectivity index (χ0n) is 9.12. The second kappa shape index (κ2) is 5.61. The number of rotatable bonds is 5. The van der Waals surface area contributed by atoms with E-state index in [-0.39, 0.29) is 17.0 Å². The molecule has 1 rings (SSSR count). The summed E-state index contributed by atoms with van der Waals surface area (Å²) in [7, 11) is 0. The lowest BCUT2D eigenvalue weighted by Crippen LogP contribution is -2.13. The predicted octanol–water partition coefficient (Wildman–Crippen LogP) is 2.09. The van der Waals surface area contributed by atoms with Crippen LogP contribution in [0.1, 0.15) is 23.7 Å². The van der Waals surface area contributed by atoms with E-state index in [1.54, 1.807) is 6.92 Å². The van der Waals surface area contributed by atoms with Crippen molar-refractivity contribution in [3.05, 3.63) is 33.9 Å². The zero-order valence-corrected chi connectivity index (χ0v) is 9.12. The molecule has 1 unspecified atom stereocenters. The minimum Gasteiger partial charge on any atom is -0.468 e. The Balaban J connectivity index is 3.11. The van der Waals surface area contributed by atoms with E-state index in [1.807, 2.05) is 6.07 Å². The van der Waals surface area contributed by atoms with E-state index in [2.05, 4.69) is 0 Å². The molecule has 0 radical (unpaired) electrons. The van der Waals surface area contributed by atoms with Gasteiger partial charge in [0.2, 0.25) is 0 Å².